The molecule has 0 amide bonds. The van der Waals surface area contributed by atoms with E-state index in [0.29, 0.717) is 13.3 Å². The minimum Gasteiger partial charge on any atom is -0.356 e. The average Bonchev–Trinajstić information content (AvgIpc) is 2.85. The van der Waals surface area contributed by atoms with Crippen molar-refractivity contribution in [2.75, 3.05) is 0 Å². The average molecular weight is 272 g/mol. The summed E-state index contributed by atoms with van der Waals surface area (Å²) >= 11 is 6.15. The van der Waals surface area contributed by atoms with E-state index in [4.69, 9.17) is 16.3 Å². The number of rotatable bonds is 4. The van der Waals surface area contributed by atoms with Gasteiger partial charge >= 0.3 is 0 Å². The van der Waals surface area contributed by atoms with Gasteiger partial charge in [0, 0.05) is 16.6 Å². The molecule has 2 nitrogen and oxygen atoms in total. The number of nitrogens with zero attached hydrogens (tertiary/aromatic N) is 1. The first-order chi connectivity index (χ1) is 9.34. The number of aromatic nitrogens is 1. The van der Waals surface area contributed by atoms with Crippen molar-refractivity contribution in [3.05, 3.63) is 71.4 Å². The second-order valence-electron chi connectivity index (χ2n) is 4.42. The lowest BCUT2D eigenvalue weighted by atomic mass is 10.2. The molecule has 19 heavy (non-hydrogen) atoms. The molecule has 0 saturated carbocycles. The molecule has 1 heterocycles. The van der Waals surface area contributed by atoms with Crippen molar-refractivity contribution in [1.29, 1.82) is 0 Å². The standard InChI is InChI=1S/C16H14ClNO/c17-15-7-4-8-16-14(15)9-10-18(16)12-19-11-13-5-2-1-3-6-13/h1-10H,11-12H2. The molecule has 0 spiro atoms. The minimum atomic E-state index is 0.527. The van der Waals surface area contributed by atoms with Crippen LogP contribution in [0.5, 0.6) is 0 Å². The van der Waals surface area contributed by atoms with E-state index in [-0.39, 0.29) is 0 Å². The molecule has 3 aromatic rings. The Kier molecular flexibility index (Phi) is 3.53. The summed E-state index contributed by atoms with van der Waals surface area (Å²) in [6.07, 6.45) is 2.00. The third-order valence-electron chi connectivity index (χ3n) is 3.10. The Morgan fingerprint density at radius 1 is 0.947 bits per heavy atom. The second-order valence-corrected chi connectivity index (χ2v) is 4.83. The van der Waals surface area contributed by atoms with Gasteiger partial charge < -0.3 is 9.30 Å². The van der Waals surface area contributed by atoms with E-state index >= 15 is 0 Å². The number of hydrogen-bond acceptors (Lipinski definition) is 1. The highest BCUT2D eigenvalue weighted by Gasteiger charge is 2.03. The van der Waals surface area contributed by atoms with Gasteiger partial charge in [0.15, 0.2) is 0 Å². The van der Waals surface area contributed by atoms with Crippen LogP contribution in [0, 0.1) is 0 Å². The zero-order valence-corrected chi connectivity index (χ0v) is 11.2. The highest BCUT2D eigenvalue weighted by molar-refractivity contribution is 6.35. The van der Waals surface area contributed by atoms with Gasteiger partial charge in [-0.15, -0.1) is 0 Å². The molecule has 0 aliphatic rings. The molecule has 0 N–H and O–H groups in total. The quantitative estimate of drug-likeness (QED) is 0.683. The summed E-state index contributed by atoms with van der Waals surface area (Å²) in [5, 5.41) is 1.84. The van der Waals surface area contributed by atoms with E-state index in [9.17, 15) is 0 Å². The lowest BCUT2D eigenvalue weighted by Gasteiger charge is -2.07. The topological polar surface area (TPSA) is 14.2 Å². The summed E-state index contributed by atoms with van der Waals surface area (Å²) in [6, 6.07) is 18.1. The van der Waals surface area contributed by atoms with Gasteiger partial charge in [-0.2, -0.15) is 0 Å². The van der Waals surface area contributed by atoms with Crippen molar-refractivity contribution in [2.45, 2.75) is 13.3 Å². The first-order valence-corrected chi connectivity index (χ1v) is 6.57. The summed E-state index contributed by atoms with van der Waals surface area (Å²) in [5.41, 5.74) is 2.28. The molecule has 1 aromatic heterocycles. The largest absolute Gasteiger partial charge is 0.356 e. The molecule has 0 unspecified atom stereocenters. The lowest BCUT2D eigenvalue weighted by Crippen LogP contribution is -2.01. The number of hydrogen-bond donors (Lipinski definition) is 0. The van der Waals surface area contributed by atoms with Crippen molar-refractivity contribution in [2.24, 2.45) is 0 Å². The predicted octanol–water partition coefficient (Wildman–Crippen LogP) is 4.47. The van der Waals surface area contributed by atoms with Crippen LogP contribution in [-0.4, -0.2) is 4.57 Å². The smallest absolute Gasteiger partial charge is 0.123 e. The number of fused-ring (bicyclic) bond motifs is 1. The Bertz CT molecular complexity index is 676. The van der Waals surface area contributed by atoms with Crippen LogP contribution in [-0.2, 0) is 18.1 Å². The van der Waals surface area contributed by atoms with Crippen LogP contribution in [0.2, 0.25) is 5.02 Å². The zero-order valence-electron chi connectivity index (χ0n) is 10.4. The molecule has 0 atom stereocenters. The van der Waals surface area contributed by atoms with E-state index < -0.39 is 0 Å². The van der Waals surface area contributed by atoms with Crippen molar-refractivity contribution >= 4 is 22.5 Å². The summed E-state index contributed by atoms with van der Waals surface area (Å²) in [5.74, 6) is 0. The fourth-order valence-electron chi connectivity index (χ4n) is 2.13. The normalized spacial score (nSPS) is 11.0. The number of halogens is 1. The second kappa shape index (κ2) is 5.47. The molecule has 2 aromatic carbocycles. The fourth-order valence-corrected chi connectivity index (χ4v) is 2.37. The van der Waals surface area contributed by atoms with Gasteiger partial charge in [0.2, 0.25) is 0 Å². The maximum Gasteiger partial charge on any atom is 0.123 e. The Morgan fingerprint density at radius 2 is 1.79 bits per heavy atom. The zero-order chi connectivity index (χ0) is 13.1. The third kappa shape index (κ3) is 2.65. The number of benzene rings is 2. The van der Waals surface area contributed by atoms with E-state index in [0.717, 1.165) is 15.9 Å². The Morgan fingerprint density at radius 3 is 2.63 bits per heavy atom. The molecule has 0 saturated heterocycles. The van der Waals surface area contributed by atoms with Crippen LogP contribution >= 0.6 is 11.6 Å². The Hall–Kier alpha value is -1.77. The van der Waals surface area contributed by atoms with Crippen LogP contribution in [0.3, 0.4) is 0 Å². The van der Waals surface area contributed by atoms with Gasteiger partial charge in [-0.05, 0) is 23.8 Å². The lowest BCUT2D eigenvalue weighted by molar-refractivity contribution is 0.0668. The van der Waals surface area contributed by atoms with Gasteiger partial charge in [0.05, 0.1) is 12.1 Å². The minimum absolute atomic E-state index is 0.527. The van der Waals surface area contributed by atoms with Gasteiger partial charge in [0.25, 0.3) is 0 Å². The number of ether oxygens (including phenoxy) is 1. The SMILES string of the molecule is Clc1cccc2c1ccn2COCc1ccccc1. The van der Waals surface area contributed by atoms with Crippen molar-refractivity contribution in [3.63, 3.8) is 0 Å². The monoisotopic (exact) mass is 271 g/mol. The van der Waals surface area contributed by atoms with Crippen LogP contribution in [0.15, 0.2) is 60.8 Å². The molecule has 0 fully saturated rings. The van der Waals surface area contributed by atoms with Crippen LogP contribution in [0.25, 0.3) is 10.9 Å². The molecular formula is C16H14ClNO. The fraction of sp³-hybridized carbons (Fsp3) is 0.125. The highest BCUT2D eigenvalue weighted by atomic mass is 35.5. The molecule has 0 aliphatic heterocycles. The molecule has 0 bridgehead atoms. The van der Waals surface area contributed by atoms with E-state index in [1.54, 1.807) is 0 Å². The van der Waals surface area contributed by atoms with Crippen LogP contribution in [0.1, 0.15) is 5.56 Å². The first kappa shape index (κ1) is 12.3. The van der Waals surface area contributed by atoms with Crippen molar-refractivity contribution in [3.8, 4) is 0 Å². The molecule has 3 rings (SSSR count). The summed E-state index contributed by atoms with van der Waals surface area (Å²) in [4.78, 5) is 0. The molecule has 96 valence electrons. The Labute approximate surface area is 117 Å². The van der Waals surface area contributed by atoms with Crippen LogP contribution < -0.4 is 0 Å². The van der Waals surface area contributed by atoms with Gasteiger partial charge in [-0.25, -0.2) is 0 Å². The summed E-state index contributed by atoms with van der Waals surface area (Å²) in [7, 11) is 0. The van der Waals surface area contributed by atoms with Crippen molar-refractivity contribution < 1.29 is 4.74 Å². The van der Waals surface area contributed by atoms with E-state index in [1.165, 1.54) is 5.56 Å². The summed E-state index contributed by atoms with van der Waals surface area (Å²) in [6.45, 7) is 1.14. The Balaban J connectivity index is 1.71. The third-order valence-corrected chi connectivity index (χ3v) is 3.43. The molecule has 0 aliphatic carbocycles. The highest BCUT2D eigenvalue weighted by Crippen LogP contribution is 2.24. The van der Waals surface area contributed by atoms with Gasteiger partial charge in [0.1, 0.15) is 6.73 Å². The van der Waals surface area contributed by atoms with E-state index in [1.807, 2.05) is 48.7 Å². The maximum absolute atomic E-state index is 6.15. The predicted molar refractivity (Wildman–Crippen MR) is 78.2 cm³/mol. The van der Waals surface area contributed by atoms with Crippen molar-refractivity contribution in [1.82, 2.24) is 4.57 Å². The molecular weight excluding hydrogens is 258 g/mol. The van der Waals surface area contributed by atoms with Crippen LogP contribution in [0.4, 0.5) is 0 Å². The molecule has 0 radical (unpaired) electrons. The van der Waals surface area contributed by atoms with Gasteiger partial charge in [-0.1, -0.05) is 48.0 Å². The summed E-state index contributed by atoms with van der Waals surface area (Å²) < 4.78 is 7.79. The maximum atomic E-state index is 6.15. The first-order valence-electron chi connectivity index (χ1n) is 6.19. The van der Waals surface area contributed by atoms with Gasteiger partial charge in [-0.3, -0.25) is 0 Å². The van der Waals surface area contributed by atoms with E-state index in [2.05, 4.69) is 16.7 Å². The molecule has 3 heteroatoms.